The largest absolute Gasteiger partial charge is 0.161 e. The average molecular weight is 329 g/mol. The lowest BCUT2D eigenvalue weighted by Crippen LogP contribution is -2.68. The van der Waals surface area contributed by atoms with Crippen LogP contribution in [0.15, 0.2) is 0 Å². The van der Waals surface area contributed by atoms with Crippen molar-refractivity contribution in [3.8, 4) is 0 Å². The lowest BCUT2D eigenvalue weighted by molar-refractivity contribution is 0.0109. The molecular weight excluding hydrogens is 313 g/mol. The Labute approximate surface area is 130 Å². The monoisotopic (exact) mass is 328 g/mol. The molecule has 4 saturated carbocycles. The molecule has 4 fully saturated rings. The number of hydrogen-bond acceptors (Lipinski definition) is 6. The topological polar surface area (TPSA) is 0 Å². The van der Waals surface area contributed by atoms with Crippen molar-refractivity contribution in [1.29, 1.82) is 0 Å². The van der Waals surface area contributed by atoms with Crippen LogP contribution in [0.4, 0.5) is 0 Å². The standard InChI is InChI=1S/C10H16S6/c11-8(12)4-1-5-3-7(8)10(15,16)6(2-4)9(5,13)14/h4-7,11-16H,1-3H2. The molecule has 4 atom stereocenters. The minimum Gasteiger partial charge on any atom is -0.161 e. The van der Waals surface area contributed by atoms with Crippen molar-refractivity contribution in [2.45, 2.75) is 31.5 Å². The Bertz CT molecular complexity index is 306. The van der Waals surface area contributed by atoms with Gasteiger partial charge in [-0.2, -0.15) is 75.8 Å². The maximum Gasteiger partial charge on any atom is 0.0650 e. The minimum atomic E-state index is -0.347. The lowest BCUT2D eigenvalue weighted by atomic mass is 9.54. The SMILES string of the molecule is SC1(S)C2CC3CC1C(S)(S)C(C2)C3(S)S. The van der Waals surface area contributed by atoms with E-state index >= 15 is 0 Å². The van der Waals surface area contributed by atoms with Crippen molar-refractivity contribution in [3.63, 3.8) is 0 Å². The Morgan fingerprint density at radius 3 is 1.31 bits per heavy atom. The van der Waals surface area contributed by atoms with Crippen LogP contribution in [-0.4, -0.2) is 12.2 Å². The van der Waals surface area contributed by atoms with Crippen LogP contribution in [0.5, 0.6) is 0 Å². The molecule has 0 aromatic rings. The molecule has 0 amide bonds. The summed E-state index contributed by atoms with van der Waals surface area (Å²) in [5.74, 6) is 1.75. The molecule has 4 aliphatic rings. The van der Waals surface area contributed by atoms with Gasteiger partial charge in [0.2, 0.25) is 0 Å². The highest BCUT2D eigenvalue weighted by Gasteiger charge is 2.69. The Kier molecular flexibility index (Phi) is 2.95. The smallest absolute Gasteiger partial charge is 0.0650 e. The molecule has 0 aliphatic heterocycles. The second kappa shape index (κ2) is 3.60. The first kappa shape index (κ1) is 13.1. The van der Waals surface area contributed by atoms with Gasteiger partial charge in [-0.15, -0.1) is 0 Å². The van der Waals surface area contributed by atoms with E-state index in [0.29, 0.717) is 23.7 Å². The van der Waals surface area contributed by atoms with Gasteiger partial charge in [-0.25, -0.2) is 0 Å². The minimum absolute atomic E-state index is 0.228. The van der Waals surface area contributed by atoms with Crippen LogP contribution in [0.2, 0.25) is 0 Å². The predicted octanol–water partition coefficient (Wildman–Crippen LogP) is 3.33. The van der Waals surface area contributed by atoms with E-state index in [-0.39, 0.29) is 12.2 Å². The Balaban J connectivity index is 2.09. The first-order chi connectivity index (χ1) is 7.18. The van der Waals surface area contributed by atoms with Gasteiger partial charge in [-0.05, 0) is 31.1 Å². The third kappa shape index (κ3) is 1.46. The van der Waals surface area contributed by atoms with Gasteiger partial charge in [-0.1, -0.05) is 0 Å². The third-order valence-corrected chi connectivity index (χ3v) is 8.82. The maximum absolute atomic E-state index is 4.80. The fraction of sp³-hybridized carbons (Fsp3) is 1.00. The van der Waals surface area contributed by atoms with Gasteiger partial charge in [0.15, 0.2) is 0 Å². The molecule has 0 spiro atoms. The summed E-state index contributed by atoms with van der Waals surface area (Å²) in [6.07, 6.45) is 3.23. The molecule has 0 saturated heterocycles. The molecule has 0 aromatic carbocycles. The number of rotatable bonds is 0. The summed E-state index contributed by atoms with van der Waals surface area (Å²) >= 11 is 28.7. The number of thiol groups is 6. The van der Waals surface area contributed by atoms with Crippen LogP contribution in [-0.2, 0) is 0 Å². The van der Waals surface area contributed by atoms with Crippen LogP contribution in [0.25, 0.3) is 0 Å². The van der Waals surface area contributed by atoms with Crippen LogP contribution in [0.3, 0.4) is 0 Å². The zero-order valence-electron chi connectivity index (χ0n) is 8.61. The highest BCUT2D eigenvalue weighted by Crippen LogP contribution is 2.72. The Hall–Kier alpha value is 2.10. The van der Waals surface area contributed by atoms with Gasteiger partial charge in [-0.3, -0.25) is 0 Å². The third-order valence-electron chi connectivity index (χ3n) is 4.86. The predicted molar refractivity (Wildman–Crippen MR) is 89.9 cm³/mol. The van der Waals surface area contributed by atoms with Crippen molar-refractivity contribution < 1.29 is 0 Å². The fourth-order valence-electron chi connectivity index (χ4n) is 3.93. The van der Waals surface area contributed by atoms with Crippen LogP contribution < -0.4 is 0 Å². The molecule has 0 heterocycles. The molecule has 16 heavy (non-hydrogen) atoms. The molecule has 4 unspecified atom stereocenters. The molecule has 4 bridgehead atoms. The van der Waals surface area contributed by atoms with E-state index in [0.717, 1.165) is 19.3 Å². The van der Waals surface area contributed by atoms with Gasteiger partial charge in [0.25, 0.3) is 0 Å². The molecule has 0 nitrogen and oxygen atoms in total. The highest BCUT2D eigenvalue weighted by atomic mass is 32.2. The van der Waals surface area contributed by atoms with E-state index < -0.39 is 0 Å². The molecule has 0 radical (unpaired) electrons. The zero-order valence-corrected chi connectivity index (χ0v) is 14.0. The molecule has 4 rings (SSSR count). The second-order valence-corrected chi connectivity index (χ2v) is 11.1. The van der Waals surface area contributed by atoms with E-state index in [4.69, 9.17) is 75.8 Å². The molecular formula is C10H16S6. The normalized spacial score (nSPS) is 50.6. The maximum atomic E-state index is 4.80. The van der Waals surface area contributed by atoms with Gasteiger partial charge < -0.3 is 0 Å². The van der Waals surface area contributed by atoms with Crippen molar-refractivity contribution in [3.05, 3.63) is 0 Å². The molecule has 4 aliphatic carbocycles. The van der Waals surface area contributed by atoms with Crippen molar-refractivity contribution in [2.75, 3.05) is 0 Å². The van der Waals surface area contributed by atoms with Gasteiger partial charge in [0, 0.05) is 11.8 Å². The summed E-state index contributed by atoms with van der Waals surface area (Å²) in [6, 6.07) is 0. The van der Waals surface area contributed by atoms with Gasteiger partial charge in [0.05, 0.1) is 12.2 Å². The zero-order chi connectivity index (χ0) is 11.9. The van der Waals surface area contributed by atoms with Crippen molar-refractivity contribution >= 4 is 75.8 Å². The van der Waals surface area contributed by atoms with E-state index in [9.17, 15) is 0 Å². The molecule has 0 N–H and O–H groups in total. The summed E-state index contributed by atoms with van der Waals surface area (Å²) in [4.78, 5) is 0. The number of hydrogen-bond donors (Lipinski definition) is 6. The fourth-order valence-corrected chi connectivity index (χ4v) is 8.06. The van der Waals surface area contributed by atoms with Crippen molar-refractivity contribution in [1.82, 2.24) is 0 Å². The van der Waals surface area contributed by atoms with E-state index in [1.165, 1.54) is 0 Å². The first-order valence-corrected chi connectivity index (χ1v) is 8.21. The first-order valence-electron chi connectivity index (χ1n) is 5.52. The highest BCUT2D eigenvalue weighted by molar-refractivity contribution is 8.03. The quantitative estimate of drug-likeness (QED) is 0.285. The van der Waals surface area contributed by atoms with E-state index in [1.807, 2.05) is 0 Å². The lowest BCUT2D eigenvalue weighted by Gasteiger charge is -2.68. The van der Waals surface area contributed by atoms with Crippen molar-refractivity contribution in [2.24, 2.45) is 23.7 Å². The van der Waals surface area contributed by atoms with Gasteiger partial charge >= 0.3 is 0 Å². The summed E-state index contributed by atoms with van der Waals surface area (Å²) < 4.78 is -0.802. The Morgan fingerprint density at radius 1 is 0.562 bits per heavy atom. The molecule has 0 aromatic heterocycles. The molecule has 92 valence electrons. The van der Waals surface area contributed by atoms with Crippen LogP contribution in [0.1, 0.15) is 19.3 Å². The van der Waals surface area contributed by atoms with E-state index in [1.54, 1.807) is 0 Å². The summed E-state index contributed by atoms with van der Waals surface area (Å²) in [6.45, 7) is 0. The Morgan fingerprint density at radius 2 is 0.938 bits per heavy atom. The summed E-state index contributed by atoms with van der Waals surface area (Å²) in [5.41, 5.74) is 0. The second-order valence-electron chi connectivity index (χ2n) is 5.56. The average Bonchev–Trinajstić information content (AvgIpc) is 2.09. The molecule has 6 heteroatoms. The van der Waals surface area contributed by atoms with Crippen LogP contribution >= 0.6 is 75.8 Å². The summed E-state index contributed by atoms with van der Waals surface area (Å²) in [7, 11) is 0. The van der Waals surface area contributed by atoms with E-state index in [2.05, 4.69) is 0 Å². The summed E-state index contributed by atoms with van der Waals surface area (Å²) in [5, 5.41) is 0. The van der Waals surface area contributed by atoms with Crippen LogP contribution in [0, 0.1) is 23.7 Å². The van der Waals surface area contributed by atoms with Gasteiger partial charge in [0.1, 0.15) is 0 Å².